The number of Topliss-reactive ketones (excluding diaryl/α,β-unsaturated/α-hetero) is 1. The van der Waals surface area contributed by atoms with Gasteiger partial charge in [-0.3, -0.25) is 4.79 Å². The molecule has 1 aliphatic carbocycles. The van der Waals surface area contributed by atoms with Gasteiger partial charge in [-0.25, -0.2) is 0 Å². The van der Waals surface area contributed by atoms with Crippen LogP contribution in [0, 0.1) is 5.92 Å². The summed E-state index contributed by atoms with van der Waals surface area (Å²) in [7, 11) is 0. The van der Waals surface area contributed by atoms with E-state index < -0.39 is 52.7 Å². The molecular weight excluding hydrogens is 308 g/mol. The van der Waals surface area contributed by atoms with Crippen molar-refractivity contribution in [3.63, 3.8) is 0 Å². The molecule has 1 aromatic rings. The molecule has 6 N–H and O–H groups in total. The van der Waals surface area contributed by atoms with Gasteiger partial charge in [-0.1, -0.05) is 30.3 Å². The van der Waals surface area contributed by atoms with Crippen molar-refractivity contribution in [1.82, 2.24) is 0 Å². The van der Waals surface area contributed by atoms with Crippen molar-refractivity contribution in [1.29, 1.82) is 0 Å². The minimum atomic E-state index is -3.15. The fraction of sp³-hybridized carbons (Fsp3) is 0.267. The first-order valence-corrected chi connectivity index (χ1v) is 6.69. The molecule has 2 aliphatic rings. The maximum atomic E-state index is 12.3. The predicted molar refractivity (Wildman–Crippen MR) is 73.6 cm³/mol. The van der Waals surface area contributed by atoms with Gasteiger partial charge in [0.25, 0.3) is 0 Å². The lowest BCUT2D eigenvalue weighted by Crippen LogP contribution is -2.54. The minimum absolute atomic E-state index is 0.201. The van der Waals surface area contributed by atoms with Crippen LogP contribution in [0.15, 0.2) is 53.4 Å². The largest absolute Gasteiger partial charge is 0.504 e. The van der Waals surface area contributed by atoms with Gasteiger partial charge >= 0.3 is 0 Å². The van der Waals surface area contributed by atoms with Gasteiger partial charge in [0, 0.05) is 5.56 Å². The average Bonchev–Trinajstić information content (AvgIpc) is 2.51. The van der Waals surface area contributed by atoms with Crippen LogP contribution in [0.25, 0.3) is 0 Å². The highest BCUT2D eigenvalue weighted by Gasteiger charge is 2.59. The quantitative estimate of drug-likeness (QED) is 0.403. The van der Waals surface area contributed by atoms with Crippen LogP contribution in [0.5, 0.6) is 0 Å². The molecule has 122 valence electrons. The number of aliphatic hydroxyl groups is 6. The first-order valence-electron chi connectivity index (χ1n) is 6.69. The number of rotatable bonds is 1. The van der Waals surface area contributed by atoms with E-state index >= 15 is 0 Å². The van der Waals surface area contributed by atoms with E-state index in [0.717, 1.165) is 0 Å². The topological polar surface area (TPSA) is 148 Å². The molecule has 8 nitrogen and oxygen atoms in total. The molecule has 1 heterocycles. The second kappa shape index (κ2) is 4.72. The number of benzene rings is 1. The molecule has 2 atom stereocenters. The summed E-state index contributed by atoms with van der Waals surface area (Å²) in [5.74, 6) is -12.5. The first-order chi connectivity index (χ1) is 10.7. The average molecular weight is 322 g/mol. The van der Waals surface area contributed by atoms with Crippen LogP contribution in [-0.2, 0) is 15.3 Å². The zero-order valence-corrected chi connectivity index (χ0v) is 11.7. The molecule has 1 fully saturated rings. The Hall–Kier alpha value is -2.55. The maximum absolute atomic E-state index is 12.3. The lowest BCUT2D eigenvalue weighted by Gasteiger charge is -2.43. The number of ether oxygens (including phenoxy) is 1. The fourth-order valence-electron chi connectivity index (χ4n) is 2.75. The van der Waals surface area contributed by atoms with Crippen molar-refractivity contribution < 1.29 is 40.2 Å². The van der Waals surface area contributed by atoms with Gasteiger partial charge in [-0.15, -0.1) is 0 Å². The Morgan fingerprint density at radius 3 is 2.22 bits per heavy atom. The van der Waals surface area contributed by atoms with Gasteiger partial charge in [0.2, 0.25) is 23.1 Å². The summed E-state index contributed by atoms with van der Waals surface area (Å²) in [5.41, 5.74) is 0.201. The number of carbonyl (C=O) groups excluding carboxylic acids is 1. The number of hydrogen-bond donors (Lipinski definition) is 6. The van der Waals surface area contributed by atoms with Gasteiger partial charge in [0.1, 0.15) is 5.92 Å². The molecule has 0 saturated carbocycles. The van der Waals surface area contributed by atoms with Crippen LogP contribution in [0.4, 0.5) is 0 Å². The van der Waals surface area contributed by atoms with E-state index in [-0.39, 0.29) is 5.56 Å². The van der Waals surface area contributed by atoms with E-state index in [4.69, 9.17) is 4.74 Å². The van der Waals surface area contributed by atoms with Crippen molar-refractivity contribution in [2.75, 3.05) is 0 Å². The lowest BCUT2D eigenvalue weighted by atomic mass is 9.79. The highest BCUT2D eigenvalue weighted by Crippen LogP contribution is 2.47. The van der Waals surface area contributed by atoms with Crippen LogP contribution in [0.2, 0.25) is 0 Å². The Morgan fingerprint density at radius 1 is 1.00 bits per heavy atom. The zero-order valence-electron chi connectivity index (χ0n) is 11.7. The number of ketones is 1. The molecule has 0 aromatic heterocycles. The van der Waals surface area contributed by atoms with E-state index in [2.05, 4.69) is 0 Å². The minimum Gasteiger partial charge on any atom is -0.504 e. The Bertz CT molecular complexity index is 733. The third-order valence-corrected chi connectivity index (χ3v) is 3.93. The van der Waals surface area contributed by atoms with Crippen molar-refractivity contribution in [3.8, 4) is 0 Å². The number of carbonyl (C=O) groups is 1. The van der Waals surface area contributed by atoms with Crippen molar-refractivity contribution >= 4 is 5.78 Å². The summed E-state index contributed by atoms with van der Waals surface area (Å²) >= 11 is 0. The summed E-state index contributed by atoms with van der Waals surface area (Å²) in [6.07, 6.45) is -0.643. The molecule has 0 spiro atoms. The van der Waals surface area contributed by atoms with Crippen LogP contribution in [0.1, 0.15) is 12.0 Å². The van der Waals surface area contributed by atoms with Gasteiger partial charge in [0.15, 0.2) is 17.3 Å². The maximum Gasteiger partial charge on any atom is 0.244 e. The lowest BCUT2D eigenvalue weighted by molar-refractivity contribution is -0.252. The molecule has 0 amide bonds. The van der Waals surface area contributed by atoms with Crippen molar-refractivity contribution in [3.05, 3.63) is 58.9 Å². The summed E-state index contributed by atoms with van der Waals surface area (Å²) < 4.78 is 5.24. The zero-order chi connectivity index (χ0) is 17.0. The Balaban J connectivity index is 2.13. The number of aliphatic hydroxyl groups excluding tert-OH is 3. The Kier molecular flexibility index (Phi) is 3.15. The highest BCUT2D eigenvalue weighted by atomic mass is 16.6. The molecule has 2 unspecified atom stereocenters. The summed E-state index contributed by atoms with van der Waals surface area (Å²) in [5, 5.41) is 59.4. The fourth-order valence-corrected chi connectivity index (χ4v) is 2.75. The Morgan fingerprint density at radius 2 is 1.61 bits per heavy atom. The van der Waals surface area contributed by atoms with Gasteiger partial charge < -0.3 is 35.4 Å². The molecular formula is C15H14O8. The molecule has 1 aliphatic heterocycles. The van der Waals surface area contributed by atoms with Crippen molar-refractivity contribution in [2.24, 2.45) is 5.92 Å². The molecule has 3 rings (SSSR count). The summed E-state index contributed by atoms with van der Waals surface area (Å²) in [6, 6.07) is 7.82. The van der Waals surface area contributed by atoms with Crippen LogP contribution < -0.4 is 0 Å². The highest BCUT2D eigenvalue weighted by molar-refractivity contribution is 5.87. The van der Waals surface area contributed by atoms with E-state index in [0.29, 0.717) is 0 Å². The summed E-state index contributed by atoms with van der Waals surface area (Å²) in [4.78, 5) is 12.3. The first kappa shape index (κ1) is 15.3. The van der Waals surface area contributed by atoms with Gasteiger partial charge in [0.05, 0.1) is 6.42 Å². The van der Waals surface area contributed by atoms with Crippen LogP contribution in [-0.4, -0.2) is 42.2 Å². The van der Waals surface area contributed by atoms with Gasteiger partial charge in [-0.2, -0.15) is 0 Å². The molecule has 1 saturated heterocycles. The summed E-state index contributed by atoms with van der Waals surface area (Å²) in [6.45, 7) is 0. The second-order valence-corrected chi connectivity index (χ2v) is 5.46. The van der Waals surface area contributed by atoms with Crippen LogP contribution >= 0.6 is 0 Å². The van der Waals surface area contributed by atoms with E-state index in [1.54, 1.807) is 18.2 Å². The second-order valence-electron chi connectivity index (χ2n) is 5.46. The monoisotopic (exact) mass is 322 g/mol. The van der Waals surface area contributed by atoms with E-state index in [9.17, 15) is 35.4 Å². The van der Waals surface area contributed by atoms with Crippen LogP contribution in [0.3, 0.4) is 0 Å². The Labute approximate surface area is 129 Å². The molecule has 0 bridgehead atoms. The molecule has 8 heteroatoms. The SMILES string of the molecule is O=C1CC(O)(c2ccccc2)OC2=C(O)C(O)=C(O)C(O)(O)C12. The predicted octanol–water partition coefficient (Wildman–Crippen LogP) is 0.229. The molecule has 1 aromatic carbocycles. The third-order valence-electron chi connectivity index (χ3n) is 3.93. The van der Waals surface area contributed by atoms with E-state index in [1.807, 2.05) is 0 Å². The standard InChI is InChI=1S/C15H14O8/c16-8-6-14(20,7-4-2-1-3-5-7)23-12-9(8)15(21,22)13(19)11(18)10(12)17/h1-5,9,17-22H,6H2. The van der Waals surface area contributed by atoms with Crippen molar-refractivity contribution in [2.45, 2.75) is 18.0 Å². The van der Waals surface area contributed by atoms with Gasteiger partial charge in [-0.05, 0) is 0 Å². The number of fused-ring (bicyclic) bond motifs is 1. The number of hydrogen-bond acceptors (Lipinski definition) is 8. The molecule has 23 heavy (non-hydrogen) atoms. The smallest absolute Gasteiger partial charge is 0.244 e. The third kappa shape index (κ3) is 2.07. The molecule has 0 radical (unpaired) electrons. The normalized spacial score (nSPS) is 30.0. The van der Waals surface area contributed by atoms with E-state index in [1.165, 1.54) is 12.1 Å².